The highest BCUT2D eigenvalue weighted by Crippen LogP contribution is 2.23. The molecule has 0 aliphatic heterocycles. The van der Waals surface area contributed by atoms with Gasteiger partial charge in [0.25, 0.3) is 15.9 Å². The zero-order chi connectivity index (χ0) is 19.6. The van der Waals surface area contributed by atoms with Crippen molar-refractivity contribution in [3.05, 3.63) is 70.0 Å². The quantitative estimate of drug-likeness (QED) is 0.621. The second-order valence-corrected chi connectivity index (χ2v) is 8.54. The average molecular weight is 448 g/mol. The van der Waals surface area contributed by atoms with Gasteiger partial charge in [0, 0.05) is 15.7 Å². The van der Waals surface area contributed by atoms with Gasteiger partial charge in [0.2, 0.25) is 0 Å². The molecule has 140 valence electrons. The second-order valence-electron chi connectivity index (χ2n) is 5.98. The zero-order valence-corrected chi connectivity index (χ0v) is 17.2. The van der Waals surface area contributed by atoms with Crippen molar-refractivity contribution in [2.24, 2.45) is 0 Å². The molecule has 3 rings (SSSR count). The van der Waals surface area contributed by atoms with E-state index < -0.39 is 15.9 Å². The summed E-state index contributed by atoms with van der Waals surface area (Å²) in [6, 6.07) is 14.0. The number of hydrogen-bond donors (Lipinski definition) is 2. The van der Waals surface area contributed by atoms with Gasteiger partial charge in [0.05, 0.1) is 4.90 Å². The maximum absolute atomic E-state index is 12.7. The fraction of sp³-hybridized carbons (Fsp3) is 0.158. The predicted molar refractivity (Wildman–Crippen MR) is 107 cm³/mol. The molecule has 0 aliphatic carbocycles. The number of amides is 1. The first kappa shape index (κ1) is 19.3. The van der Waals surface area contributed by atoms with Crippen LogP contribution in [0.25, 0.3) is 11.4 Å². The normalized spacial score (nSPS) is 11.4. The molecule has 0 fully saturated rings. The Kier molecular flexibility index (Phi) is 5.48. The van der Waals surface area contributed by atoms with Crippen LogP contribution in [0.4, 0.5) is 0 Å². The Morgan fingerprint density at radius 3 is 2.59 bits per heavy atom. The molecule has 0 unspecified atom stereocenters. The van der Waals surface area contributed by atoms with Gasteiger partial charge >= 0.3 is 0 Å². The average Bonchev–Trinajstić information content (AvgIpc) is 3.06. The summed E-state index contributed by atoms with van der Waals surface area (Å²) in [5.41, 5.74) is 2.00. The van der Waals surface area contributed by atoms with Crippen molar-refractivity contribution in [1.29, 1.82) is 0 Å². The van der Waals surface area contributed by atoms with Gasteiger partial charge in [0.1, 0.15) is 5.82 Å². The van der Waals surface area contributed by atoms with Crippen molar-refractivity contribution in [1.82, 2.24) is 14.7 Å². The molecule has 1 heterocycles. The maximum atomic E-state index is 12.7. The molecule has 3 aromatic rings. The van der Waals surface area contributed by atoms with Crippen LogP contribution in [0.1, 0.15) is 28.7 Å². The van der Waals surface area contributed by atoms with Gasteiger partial charge < -0.3 is 4.98 Å². The van der Waals surface area contributed by atoms with E-state index in [9.17, 15) is 13.2 Å². The Morgan fingerprint density at radius 2 is 1.93 bits per heavy atom. The van der Waals surface area contributed by atoms with Gasteiger partial charge in [-0.15, -0.1) is 0 Å². The van der Waals surface area contributed by atoms with Crippen molar-refractivity contribution in [3.8, 4) is 11.4 Å². The number of carbonyl (C=O) groups is 1. The smallest absolute Gasteiger partial charge is 0.285 e. The van der Waals surface area contributed by atoms with E-state index in [2.05, 4.69) is 30.6 Å². The summed E-state index contributed by atoms with van der Waals surface area (Å²) in [6.45, 7) is 3.54. The van der Waals surface area contributed by atoms with Gasteiger partial charge in [0.15, 0.2) is 5.69 Å². The van der Waals surface area contributed by atoms with Crippen LogP contribution in [0.5, 0.6) is 0 Å². The van der Waals surface area contributed by atoms with E-state index in [0.717, 1.165) is 10.0 Å². The van der Waals surface area contributed by atoms with Crippen LogP contribution in [0.3, 0.4) is 0 Å². The van der Waals surface area contributed by atoms with E-state index in [-0.39, 0.29) is 10.6 Å². The lowest BCUT2D eigenvalue weighted by Gasteiger charge is -2.08. The Bertz CT molecular complexity index is 1110. The third-order valence-electron chi connectivity index (χ3n) is 4.06. The van der Waals surface area contributed by atoms with Crippen molar-refractivity contribution >= 4 is 31.9 Å². The van der Waals surface area contributed by atoms with E-state index in [1.54, 1.807) is 25.1 Å². The van der Waals surface area contributed by atoms with Gasteiger partial charge in [-0.1, -0.05) is 53.2 Å². The molecule has 0 saturated carbocycles. The molecule has 0 atom stereocenters. The lowest BCUT2D eigenvalue weighted by Crippen LogP contribution is -2.32. The molecule has 0 aliphatic rings. The van der Waals surface area contributed by atoms with Crippen LogP contribution in [0.15, 0.2) is 57.9 Å². The van der Waals surface area contributed by atoms with Gasteiger partial charge in [-0.2, -0.15) is 0 Å². The minimum atomic E-state index is -3.99. The topological polar surface area (TPSA) is 91.9 Å². The highest BCUT2D eigenvalue weighted by atomic mass is 79.9. The van der Waals surface area contributed by atoms with Crippen molar-refractivity contribution in [2.75, 3.05) is 0 Å². The third-order valence-corrected chi connectivity index (χ3v) is 6.04. The molecule has 6 nitrogen and oxygen atoms in total. The van der Waals surface area contributed by atoms with E-state index >= 15 is 0 Å². The Hall–Kier alpha value is -2.45. The number of halogens is 1. The van der Waals surface area contributed by atoms with Crippen LogP contribution >= 0.6 is 15.9 Å². The number of nitrogens with zero attached hydrogens (tertiary/aromatic N) is 1. The Balaban J connectivity index is 1.94. The van der Waals surface area contributed by atoms with E-state index in [1.807, 2.05) is 31.2 Å². The number of aromatic amines is 1. The van der Waals surface area contributed by atoms with Gasteiger partial charge in [-0.05, 0) is 37.1 Å². The first-order valence-corrected chi connectivity index (χ1v) is 10.6. The van der Waals surface area contributed by atoms with Crippen LogP contribution in [-0.2, 0) is 16.4 Å². The van der Waals surface area contributed by atoms with E-state index in [1.165, 1.54) is 6.07 Å². The van der Waals surface area contributed by atoms with Gasteiger partial charge in [-0.3, -0.25) is 4.79 Å². The van der Waals surface area contributed by atoms with Crippen molar-refractivity contribution < 1.29 is 13.2 Å². The maximum Gasteiger partial charge on any atom is 0.285 e. The number of H-pyrrole nitrogens is 1. The van der Waals surface area contributed by atoms with Crippen LogP contribution in [-0.4, -0.2) is 24.3 Å². The lowest BCUT2D eigenvalue weighted by atomic mass is 10.2. The lowest BCUT2D eigenvalue weighted by molar-refractivity contribution is 0.0976. The Labute approximate surface area is 166 Å². The number of benzene rings is 2. The minimum Gasteiger partial charge on any atom is -0.341 e. The first-order chi connectivity index (χ1) is 12.8. The number of aromatic nitrogens is 2. The third kappa shape index (κ3) is 4.12. The molecule has 8 heteroatoms. The SMILES string of the molecule is CCc1[nH]c(-c2cccc(Br)c2)nc1C(=O)NS(=O)(=O)c1ccccc1C. The molecule has 0 bridgehead atoms. The molecule has 2 aromatic carbocycles. The van der Waals surface area contributed by atoms with E-state index in [0.29, 0.717) is 23.5 Å². The number of sulfonamides is 1. The fourth-order valence-corrected chi connectivity index (χ4v) is 4.31. The number of hydrogen-bond acceptors (Lipinski definition) is 4. The number of rotatable bonds is 5. The molecule has 2 N–H and O–H groups in total. The largest absolute Gasteiger partial charge is 0.341 e. The molecule has 27 heavy (non-hydrogen) atoms. The molecular formula is C19H18BrN3O3S. The first-order valence-electron chi connectivity index (χ1n) is 8.29. The zero-order valence-electron chi connectivity index (χ0n) is 14.8. The number of aryl methyl sites for hydroxylation is 2. The molecular weight excluding hydrogens is 430 g/mol. The molecule has 0 spiro atoms. The van der Waals surface area contributed by atoms with Crippen LogP contribution in [0.2, 0.25) is 0 Å². The number of imidazole rings is 1. The van der Waals surface area contributed by atoms with E-state index in [4.69, 9.17) is 0 Å². The minimum absolute atomic E-state index is 0.0687. The standard InChI is InChI=1S/C19H18BrN3O3S/c1-3-15-17(22-18(21-15)13-8-6-9-14(20)11-13)19(24)23-27(25,26)16-10-5-4-7-12(16)2/h4-11H,3H2,1-2H3,(H,21,22)(H,23,24). The van der Waals surface area contributed by atoms with Crippen LogP contribution in [0, 0.1) is 6.92 Å². The number of carbonyl (C=O) groups excluding carboxylic acids is 1. The highest BCUT2D eigenvalue weighted by molar-refractivity contribution is 9.10. The predicted octanol–water partition coefficient (Wildman–Crippen LogP) is 3.83. The number of nitrogens with one attached hydrogen (secondary N) is 2. The monoisotopic (exact) mass is 447 g/mol. The summed E-state index contributed by atoms with van der Waals surface area (Å²) in [5.74, 6) is -0.251. The van der Waals surface area contributed by atoms with Crippen LogP contribution < -0.4 is 4.72 Å². The van der Waals surface area contributed by atoms with Crippen molar-refractivity contribution in [3.63, 3.8) is 0 Å². The fourth-order valence-electron chi connectivity index (χ4n) is 2.71. The molecule has 1 aromatic heterocycles. The summed E-state index contributed by atoms with van der Waals surface area (Å²) in [4.78, 5) is 20.2. The summed E-state index contributed by atoms with van der Waals surface area (Å²) < 4.78 is 28.2. The summed E-state index contributed by atoms with van der Waals surface area (Å²) in [6.07, 6.45) is 0.508. The molecule has 0 saturated heterocycles. The summed E-state index contributed by atoms with van der Waals surface area (Å²) in [7, 11) is -3.99. The summed E-state index contributed by atoms with van der Waals surface area (Å²) in [5, 5.41) is 0. The summed E-state index contributed by atoms with van der Waals surface area (Å²) >= 11 is 3.40. The van der Waals surface area contributed by atoms with Crippen molar-refractivity contribution in [2.45, 2.75) is 25.2 Å². The molecule has 1 amide bonds. The Morgan fingerprint density at radius 1 is 1.19 bits per heavy atom. The highest BCUT2D eigenvalue weighted by Gasteiger charge is 2.24. The van der Waals surface area contributed by atoms with Gasteiger partial charge in [-0.25, -0.2) is 18.1 Å². The second kappa shape index (κ2) is 7.66. The molecule has 0 radical (unpaired) electrons.